The summed E-state index contributed by atoms with van der Waals surface area (Å²) in [7, 11) is 0. The lowest BCUT2D eigenvalue weighted by molar-refractivity contribution is -0.106. The summed E-state index contributed by atoms with van der Waals surface area (Å²) in [6.07, 6.45) is 12.5. The van der Waals surface area contributed by atoms with Crippen molar-refractivity contribution in [2.45, 2.75) is 109 Å². The minimum absolute atomic E-state index is 0.196. The molecule has 4 unspecified atom stereocenters. The Hall–Kier alpha value is -6.04. The van der Waals surface area contributed by atoms with E-state index in [9.17, 15) is 0 Å². The molecule has 67 heavy (non-hydrogen) atoms. The van der Waals surface area contributed by atoms with Crippen LogP contribution in [0.3, 0.4) is 0 Å². The fourth-order valence-electron chi connectivity index (χ4n) is 9.17. The third-order valence-corrected chi connectivity index (χ3v) is 12.8. The third-order valence-electron chi connectivity index (χ3n) is 12.8. The average Bonchev–Trinajstić information content (AvgIpc) is 3.38. The normalized spacial score (nSPS) is 20.9. The number of hydrogen-bond acceptors (Lipinski definition) is 10. The van der Waals surface area contributed by atoms with Gasteiger partial charge in [-0.05, 0) is 190 Å². The van der Waals surface area contributed by atoms with Crippen LogP contribution in [0, 0.1) is 0 Å². The van der Waals surface area contributed by atoms with Gasteiger partial charge in [0.15, 0.2) is 25.2 Å². The van der Waals surface area contributed by atoms with Crippen molar-refractivity contribution in [3.63, 3.8) is 0 Å². The van der Waals surface area contributed by atoms with Crippen LogP contribution in [0.2, 0.25) is 0 Å². The van der Waals surface area contributed by atoms with Gasteiger partial charge < -0.3 is 47.7 Å². The lowest BCUT2D eigenvalue weighted by atomic mass is 10.0. The molecule has 4 aliphatic rings. The summed E-state index contributed by atoms with van der Waals surface area (Å²) >= 11 is 0. The van der Waals surface area contributed by atoms with Crippen LogP contribution < -0.4 is 28.7 Å². The molecule has 4 aliphatic heterocycles. The van der Waals surface area contributed by atoms with Gasteiger partial charge in [-0.1, -0.05) is 24.3 Å². The molecule has 10 heteroatoms. The van der Waals surface area contributed by atoms with Crippen LogP contribution in [-0.4, -0.2) is 51.6 Å². The summed E-state index contributed by atoms with van der Waals surface area (Å²) in [6.45, 7) is 2.98. The maximum Gasteiger partial charge on any atom is 0.199 e. The largest absolute Gasteiger partial charge is 0.465 e. The van der Waals surface area contributed by atoms with Crippen molar-refractivity contribution in [1.29, 1.82) is 0 Å². The molecule has 348 valence electrons. The smallest absolute Gasteiger partial charge is 0.199 e. The zero-order valence-corrected chi connectivity index (χ0v) is 38.3. The van der Waals surface area contributed by atoms with Gasteiger partial charge in [-0.25, -0.2) is 0 Å². The second-order valence-corrected chi connectivity index (χ2v) is 17.8. The van der Waals surface area contributed by atoms with Crippen LogP contribution in [0.15, 0.2) is 146 Å². The van der Waals surface area contributed by atoms with Crippen LogP contribution in [0.4, 0.5) is 34.1 Å². The molecule has 0 N–H and O–H groups in total. The average molecular weight is 903 g/mol. The van der Waals surface area contributed by atoms with Gasteiger partial charge >= 0.3 is 0 Å². The minimum Gasteiger partial charge on any atom is -0.465 e. The second kappa shape index (κ2) is 22.2. The predicted octanol–water partition coefficient (Wildman–Crippen LogP) is 13.8. The van der Waals surface area contributed by atoms with E-state index in [2.05, 4.69) is 107 Å². The van der Waals surface area contributed by atoms with Crippen molar-refractivity contribution in [2.24, 2.45) is 0 Å². The molecule has 4 atom stereocenters. The Balaban J connectivity index is 0.863. The number of benzene rings is 6. The van der Waals surface area contributed by atoms with Gasteiger partial charge in [0.25, 0.3) is 0 Å². The zero-order valence-electron chi connectivity index (χ0n) is 38.3. The van der Waals surface area contributed by atoms with Crippen molar-refractivity contribution in [3.8, 4) is 23.0 Å². The van der Waals surface area contributed by atoms with E-state index in [0.717, 1.165) is 167 Å². The summed E-state index contributed by atoms with van der Waals surface area (Å²) in [6, 6.07) is 50.9. The van der Waals surface area contributed by atoms with Crippen LogP contribution in [0.5, 0.6) is 23.0 Å². The molecule has 4 heterocycles. The highest BCUT2D eigenvalue weighted by Crippen LogP contribution is 2.39. The van der Waals surface area contributed by atoms with Gasteiger partial charge in [0, 0.05) is 59.8 Å². The SMILES string of the molecule is c1cc(N(c2ccc(OC3CCCCO3)cc2)c2ccc(OC3CCCCO3)cc2)ccc1Cc1ccc(N(c2ccc(OC3CCCCO3)cc2)c2ccc(OC3CCCCO3)cc2)cc1. The van der Waals surface area contributed by atoms with Gasteiger partial charge in [0.1, 0.15) is 23.0 Å². The van der Waals surface area contributed by atoms with Gasteiger partial charge in [-0.15, -0.1) is 0 Å². The van der Waals surface area contributed by atoms with E-state index in [0.29, 0.717) is 0 Å². The highest BCUT2D eigenvalue weighted by Gasteiger charge is 2.21. The molecular formula is C57H62N2O8. The molecule has 10 rings (SSSR count). The number of ether oxygens (including phenoxy) is 8. The van der Waals surface area contributed by atoms with Crippen molar-refractivity contribution in [3.05, 3.63) is 157 Å². The number of hydrogen-bond donors (Lipinski definition) is 0. The summed E-state index contributed by atoms with van der Waals surface area (Å²) in [5.74, 6) is 3.21. The molecule has 0 spiro atoms. The molecule has 0 amide bonds. The minimum atomic E-state index is -0.196. The quantitative estimate of drug-likeness (QED) is 0.0937. The van der Waals surface area contributed by atoms with Crippen LogP contribution in [0.1, 0.15) is 88.2 Å². The summed E-state index contributed by atoms with van der Waals surface area (Å²) in [5.41, 5.74) is 8.63. The van der Waals surface area contributed by atoms with Crippen molar-refractivity contribution in [2.75, 3.05) is 36.2 Å². The van der Waals surface area contributed by atoms with Gasteiger partial charge in [0.05, 0.1) is 26.4 Å². The first-order chi connectivity index (χ1) is 33.1. The molecular weight excluding hydrogens is 841 g/mol. The molecule has 6 aromatic rings. The molecule has 0 bridgehead atoms. The van der Waals surface area contributed by atoms with Gasteiger partial charge in [-0.2, -0.15) is 0 Å². The molecule has 10 nitrogen and oxygen atoms in total. The molecule has 4 saturated heterocycles. The Morgan fingerprint density at radius 3 is 0.731 bits per heavy atom. The number of nitrogens with zero attached hydrogens (tertiary/aromatic N) is 2. The van der Waals surface area contributed by atoms with E-state index in [-0.39, 0.29) is 25.2 Å². The topological polar surface area (TPSA) is 80.3 Å². The van der Waals surface area contributed by atoms with E-state index in [1.165, 1.54) is 11.1 Å². The fraction of sp³-hybridized carbons (Fsp3) is 0.368. The van der Waals surface area contributed by atoms with Crippen LogP contribution >= 0.6 is 0 Å². The Labute approximate surface area is 395 Å². The lowest BCUT2D eigenvalue weighted by Crippen LogP contribution is -2.25. The molecule has 6 aromatic carbocycles. The van der Waals surface area contributed by atoms with Gasteiger partial charge in [0.2, 0.25) is 0 Å². The van der Waals surface area contributed by atoms with Crippen molar-refractivity contribution < 1.29 is 37.9 Å². The molecule has 0 radical (unpaired) electrons. The number of rotatable bonds is 16. The van der Waals surface area contributed by atoms with E-state index >= 15 is 0 Å². The van der Waals surface area contributed by atoms with Crippen LogP contribution in [0.25, 0.3) is 0 Å². The van der Waals surface area contributed by atoms with E-state index in [1.54, 1.807) is 0 Å². The molecule has 0 saturated carbocycles. The Bertz CT molecular complexity index is 2110. The predicted molar refractivity (Wildman–Crippen MR) is 262 cm³/mol. The fourth-order valence-corrected chi connectivity index (χ4v) is 9.17. The van der Waals surface area contributed by atoms with Gasteiger partial charge in [-0.3, -0.25) is 0 Å². The number of anilines is 6. The van der Waals surface area contributed by atoms with E-state index in [4.69, 9.17) is 37.9 Å². The molecule has 4 fully saturated rings. The first-order valence-corrected chi connectivity index (χ1v) is 24.5. The monoisotopic (exact) mass is 902 g/mol. The van der Waals surface area contributed by atoms with E-state index in [1.807, 2.05) is 48.5 Å². The highest BCUT2D eigenvalue weighted by atomic mass is 16.7. The Morgan fingerprint density at radius 2 is 0.522 bits per heavy atom. The molecule has 0 aliphatic carbocycles. The van der Waals surface area contributed by atoms with Crippen LogP contribution in [-0.2, 0) is 25.4 Å². The van der Waals surface area contributed by atoms with Crippen molar-refractivity contribution in [1.82, 2.24) is 0 Å². The lowest BCUT2D eigenvalue weighted by Gasteiger charge is -2.28. The Morgan fingerprint density at radius 1 is 0.299 bits per heavy atom. The highest BCUT2D eigenvalue weighted by molar-refractivity contribution is 5.78. The zero-order chi connectivity index (χ0) is 45.0. The molecule has 0 aromatic heterocycles. The third kappa shape index (κ3) is 11.9. The first-order valence-electron chi connectivity index (χ1n) is 24.5. The summed E-state index contributed by atoms with van der Waals surface area (Å²) in [5, 5.41) is 0. The standard InChI is InChI=1S/C57H62N2O8/c1-5-37-60-54(9-1)64-50-29-21-46(22-30-50)58(47-23-31-51(32-24-47)65-55-10-2-6-38-61-55)44-17-13-42(14-18-44)41-43-15-19-45(20-16-43)59(48-25-33-52(34-26-48)66-56-11-3-7-39-62-56)49-27-35-53(36-28-49)67-57-12-4-8-40-63-57/h13-36,54-57H,1-12,37-41H2. The summed E-state index contributed by atoms with van der Waals surface area (Å²) in [4.78, 5) is 4.53. The van der Waals surface area contributed by atoms with Crippen molar-refractivity contribution >= 4 is 34.1 Å². The maximum absolute atomic E-state index is 6.19. The van der Waals surface area contributed by atoms with E-state index < -0.39 is 0 Å². The Kier molecular flexibility index (Phi) is 14.8. The maximum atomic E-state index is 6.19. The first kappa shape index (κ1) is 44.8. The second-order valence-electron chi connectivity index (χ2n) is 17.8. The summed E-state index contributed by atoms with van der Waals surface area (Å²) < 4.78 is 48.2.